The summed E-state index contributed by atoms with van der Waals surface area (Å²) in [5.41, 5.74) is 0.864. The van der Waals surface area contributed by atoms with Crippen LogP contribution in [-0.2, 0) is 0 Å². The van der Waals surface area contributed by atoms with E-state index in [1.165, 1.54) is 0 Å². The molecule has 0 saturated carbocycles. The minimum atomic E-state index is 0.0302. The van der Waals surface area contributed by atoms with Gasteiger partial charge in [-0.1, -0.05) is 26.0 Å². The number of ketones is 1. The van der Waals surface area contributed by atoms with E-state index >= 15 is 0 Å². The van der Waals surface area contributed by atoms with Gasteiger partial charge in [0.15, 0.2) is 5.78 Å². The molecule has 2 rings (SSSR count). The highest BCUT2D eigenvalue weighted by Crippen LogP contribution is 2.26. The van der Waals surface area contributed by atoms with E-state index in [-0.39, 0.29) is 11.7 Å². The van der Waals surface area contributed by atoms with E-state index in [4.69, 9.17) is 0 Å². The van der Waals surface area contributed by atoms with Gasteiger partial charge < -0.3 is 5.32 Å². The van der Waals surface area contributed by atoms with Crippen LogP contribution in [0.5, 0.6) is 0 Å². The highest BCUT2D eigenvalue weighted by molar-refractivity contribution is 7.17. The summed E-state index contributed by atoms with van der Waals surface area (Å²) in [5.74, 6) is 0.265. The van der Waals surface area contributed by atoms with Crippen LogP contribution in [0.25, 0.3) is 10.1 Å². The summed E-state index contributed by atoms with van der Waals surface area (Å²) in [7, 11) is 0. The molecule has 0 aliphatic heterocycles. The van der Waals surface area contributed by atoms with E-state index < -0.39 is 0 Å². The van der Waals surface area contributed by atoms with E-state index in [0.717, 1.165) is 28.7 Å². The molecule has 0 aliphatic carbocycles. The second-order valence-corrected chi connectivity index (χ2v) is 5.13. The standard InChI is InChI=1S/C14H17NOS/c1-3-15-9-10(2)13(16)12-6-4-5-11-7-8-17-14(11)12/h4-8,10,15H,3,9H2,1-2H3. The lowest BCUT2D eigenvalue weighted by molar-refractivity contribution is 0.0931. The average Bonchev–Trinajstić information content (AvgIpc) is 2.82. The summed E-state index contributed by atoms with van der Waals surface area (Å²) >= 11 is 1.64. The van der Waals surface area contributed by atoms with Gasteiger partial charge in [0, 0.05) is 22.7 Å². The van der Waals surface area contributed by atoms with Crippen molar-refractivity contribution in [3.63, 3.8) is 0 Å². The van der Waals surface area contributed by atoms with Gasteiger partial charge in [-0.05, 0) is 29.4 Å². The van der Waals surface area contributed by atoms with Crippen LogP contribution >= 0.6 is 11.3 Å². The number of fused-ring (bicyclic) bond motifs is 1. The van der Waals surface area contributed by atoms with Crippen molar-refractivity contribution in [1.82, 2.24) is 5.32 Å². The number of benzene rings is 1. The van der Waals surface area contributed by atoms with Crippen LogP contribution in [0.4, 0.5) is 0 Å². The van der Waals surface area contributed by atoms with E-state index in [2.05, 4.69) is 24.4 Å². The summed E-state index contributed by atoms with van der Waals surface area (Å²) in [5, 5.41) is 6.42. The van der Waals surface area contributed by atoms with Gasteiger partial charge in [0.25, 0.3) is 0 Å². The van der Waals surface area contributed by atoms with Gasteiger partial charge in [0.1, 0.15) is 0 Å². The fourth-order valence-electron chi connectivity index (χ4n) is 1.91. The molecule has 0 aliphatic rings. The highest BCUT2D eigenvalue weighted by atomic mass is 32.1. The molecule has 3 heteroatoms. The maximum absolute atomic E-state index is 12.3. The smallest absolute Gasteiger partial charge is 0.168 e. The van der Waals surface area contributed by atoms with Gasteiger partial charge in [-0.25, -0.2) is 0 Å². The van der Waals surface area contributed by atoms with E-state index in [9.17, 15) is 4.79 Å². The van der Waals surface area contributed by atoms with Gasteiger partial charge in [-0.3, -0.25) is 4.79 Å². The molecule has 1 N–H and O–H groups in total. The number of nitrogens with one attached hydrogen (secondary N) is 1. The molecule has 90 valence electrons. The molecule has 0 bridgehead atoms. The topological polar surface area (TPSA) is 29.1 Å². The lowest BCUT2D eigenvalue weighted by Crippen LogP contribution is -2.26. The first-order valence-corrected chi connectivity index (χ1v) is 6.83. The normalized spacial score (nSPS) is 12.8. The van der Waals surface area contributed by atoms with Crippen molar-refractivity contribution in [2.24, 2.45) is 5.92 Å². The molecular weight excluding hydrogens is 230 g/mol. The van der Waals surface area contributed by atoms with Gasteiger partial charge in [0.05, 0.1) is 0 Å². The second-order valence-electron chi connectivity index (χ2n) is 4.22. The Morgan fingerprint density at radius 2 is 2.24 bits per heavy atom. The van der Waals surface area contributed by atoms with Crippen molar-refractivity contribution in [2.45, 2.75) is 13.8 Å². The number of carbonyl (C=O) groups is 1. The number of hydrogen-bond donors (Lipinski definition) is 1. The van der Waals surface area contributed by atoms with Crippen molar-refractivity contribution in [2.75, 3.05) is 13.1 Å². The highest BCUT2D eigenvalue weighted by Gasteiger charge is 2.17. The maximum Gasteiger partial charge on any atom is 0.168 e. The molecule has 1 aromatic heterocycles. The first kappa shape index (κ1) is 12.3. The third-order valence-corrected chi connectivity index (χ3v) is 3.86. The molecule has 0 radical (unpaired) electrons. The summed E-state index contributed by atoms with van der Waals surface area (Å²) in [6.07, 6.45) is 0. The van der Waals surface area contributed by atoms with Crippen molar-refractivity contribution in [3.8, 4) is 0 Å². The monoisotopic (exact) mass is 247 g/mol. The van der Waals surface area contributed by atoms with Gasteiger partial charge in [0.2, 0.25) is 0 Å². The van der Waals surface area contributed by atoms with Crippen molar-refractivity contribution in [3.05, 3.63) is 35.2 Å². The van der Waals surface area contributed by atoms with Crippen LogP contribution in [0.15, 0.2) is 29.6 Å². The molecule has 0 saturated heterocycles. The molecule has 1 aromatic carbocycles. The largest absolute Gasteiger partial charge is 0.316 e. The Bertz CT molecular complexity index is 518. The minimum absolute atomic E-state index is 0.0302. The molecule has 2 aromatic rings. The summed E-state index contributed by atoms with van der Waals surface area (Å²) < 4.78 is 1.11. The first-order chi connectivity index (χ1) is 8.24. The van der Waals surface area contributed by atoms with Crippen molar-refractivity contribution in [1.29, 1.82) is 0 Å². The lowest BCUT2D eigenvalue weighted by Gasteiger charge is -2.11. The molecule has 0 amide bonds. The molecule has 17 heavy (non-hydrogen) atoms. The quantitative estimate of drug-likeness (QED) is 0.821. The molecule has 2 nitrogen and oxygen atoms in total. The third-order valence-electron chi connectivity index (χ3n) is 2.89. The second kappa shape index (κ2) is 5.43. The van der Waals surface area contributed by atoms with E-state index in [0.29, 0.717) is 0 Å². The Morgan fingerprint density at radius 3 is 3.00 bits per heavy atom. The van der Waals surface area contributed by atoms with E-state index in [1.807, 2.05) is 24.4 Å². The van der Waals surface area contributed by atoms with Crippen LogP contribution in [0.2, 0.25) is 0 Å². The van der Waals surface area contributed by atoms with Crippen LogP contribution in [0, 0.1) is 5.92 Å². The van der Waals surface area contributed by atoms with Gasteiger partial charge in [-0.2, -0.15) is 0 Å². The molecule has 1 atom stereocenters. The Labute approximate surface area is 106 Å². The fraction of sp³-hybridized carbons (Fsp3) is 0.357. The van der Waals surface area contributed by atoms with Crippen LogP contribution in [0.3, 0.4) is 0 Å². The Balaban J connectivity index is 2.27. The molecular formula is C14H17NOS. The maximum atomic E-state index is 12.3. The van der Waals surface area contributed by atoms with Crippen molar-refractivity contribution >= 4 is 27.2 Å². The number of hydrogen-bond acceptors (Lipinski definition) is 3. The number of thiophene rings is 1. The fourth-order valence-corrected chi connectivity index (χ4v) is 2.82. The number of rotatable bonds is 5. The number of carbonyl (C=O) groups excluding carboxylic acids is 1. The van der Waals surface area contributed by atoms with Crippen LogP contribution < -0.4 is 5.32 Å². The van der Waals surface area contributed by atoms with Gasteiger partial charge >= 0.3 is 0 Å². The predicted molar refractivity (Wildman–Crippen MR) is 73.9 cm³/mol. The summed E-state index contributed by atoms with van der Waals surface area (Å²) in [6, 6.07) is 8.01. The molecule has 0 spiro atoms. The van der Waals surface area contributed by atoms with Gasteiger partial charge in [-0.15, -0.1) is 11.3 Å². The summed E-state index contributed by atoms with van der Waals surface area (Å²) in [6.45, 7) is 5.69. The zero-order valence-corrected chi connectivity index (χ0v) is 11.0. The van der Waals surface area contributed by atoms with Crippen LogP contribution in [-0.4, -0.2) is 18.9 Å². The summed E-state index contributed by atoms with van der Waals surface area (Å²) in [4.78, 5) is 12.3. The van der Waals surface area contributed by atoms with E-state index in [1.54, 1.807) is 11.3 Å². The van der Waals surface area contributed by atoms with Crippen LogP contribution in [0.1, 0.15) is 24.2 Å². The number of Topliss-reactive ketones (excluding diaryl/α,β-unsaturated/α-hetero) is 1. The lowest BCUT2D eigenvalue weighted by atomic mass is 9.98. The average molecular weight is 247 g/mol. The van der Waals surface area contributed by atoms with Crippen molar-refractivity contribution < 1.29 is 4.79 Å². The zero-order valence-electron chi connectivity index (χ0n) is 10.2. The minimum Gasteiger partial charge on any atom is -0.316 e. The SMILES string of the molecule is CCNCC(C)C(=O)c1cccc2ccsc12. The molecule has 0 fully saturated rings. The Hall–Kier alpha value is -1.19. The molecule has 1 unspecified atom stereocenters. The predicted octanol–water partition coefficient (Wildman–Crippen LogP) is 3.33. The molecule has 1 heterocycles. The zero-order chi connectivity index (χ0) is 12.3. The Morgan fingerprint density at radius 1 is 1.41 bits per heavy atom. The Kier molecular flexibility index (Phi) is 3.92. The third kappa shape index (κ3) is 2.56. The first-order valence-electron chi connectivity index (χ1n) is 5.95.